The van der Waals surface area contributed by atoms with Gasteiger partial charge in [0.2, 0.25) is 5.91 Å². The number of benzene rings is 1. The summed E-state index contributed by atoms with van der Waals surface area (Å²) in [5, 5.41) is 26.3. The van der Waals surface area contributed by atoms with Gasteiger partial charge in [0.25, 0.3) is 0 Å². The molecule has 1 saturated heterocycles. The van der Waals surface area contributed by atoms with Gasteiger partial charge in [-0.1, -0.05) is 56.9 Å². The molecular formula is C32H38N2O5. The topological polar surface area (TPSA) is 119 Å². The highest BCUT2D eigenvalue weighted by molar-refractivity contribution is 6.09. The molecule has 1 aromatic heterocycles. The number of carbonyl (C=O) groups is 3. The van der Waals surface area contributed by atoms with Gasteiger partial charge in [-0.3, -0.25) is 14.4 Å². The maximum atomic E-state index is 14.2. The van der Waals surface area contributed by atoms with Crippen LogP contribution in [0.3, 0.4) is 0 Å². The number of fused-ring (bicyclic) bond motifs is 1. The van der Waals surface area contributed by atoms with Crippen molar-refractivity contribution in [3.8, 4) is 0 Å². The van der Waals surface area contributed by atoms with Crippen LogP contribution in [0.15, 0.2) is 66.4 Å². The molecule has 0 radical (unpaired) electrons. The van der Waals surface area contributed by atoms with Crippen molar-refractivity contribution in [2.24, 2.45) is 29.1 Å². The second-order valence-corrected chi connectivity index (χ2v) is 11.7. The summed E-state index contributed by atoms with van der Waals surface area (Å²) in [6, 6.07) is 7.61. The van der Waals surface area contributed by atoms with Gasteiger partial charge in [0.05, 0.1) is 6.10 Å². The summed E-state index contributed by atoms with van der Waals surface area (Å²) in [5.74, 6) is -2.71. The largest absolute Gasteiger partial charge is 0.388 e. The number of amides is 1. The van der Waals surface area contributed by atoms with Gasteiger partial charge in [0.15, 0.2) is 5.78 Å². The fourth-order valence-electron chi connectivity index (χ4n) is 7.30. The van der Waals surface area contributed by atoms with E-state index >= 15 is 0 Å². The van der Waals surface area contributed by atoms with Crippen molar-refractivity contribution in [2.75, 3.05) is 0 Å². The highest BCUT2D eigenvalue weighted by Crippen LogP contribution is 2.57. The van der Waals surface area contributed by atoms with Gasteiger partial charge in [0, 0.05) is 41.4 Å². The molecule has 1 saturated carbocycles. The first-order valence-electron chi connectivity index (χ1n) is 13.9. The molecule has 1 aliphatic heterocycles. The highest BCUT2D eigenvalue weighted by atomic mass is 16.3. The van der Waals surface area contributed by atoms with E-state index in [1.54, 1.807) is 6.92 Å². The van der Waals surface area contributed by atoms with Gasteiger partial charge >= 0.3 is 0 Å². The van der Waals surface area contributed by atoms with Crippen LogP contribution < -0.4 is 5.32 Å². The van der Waals surface area contributed by atoms with Crippen LogP contribution in [-0.4, -0.2) is 50.9 Å². The van der Waals surface area contributed by atoms with Crippen LogP contribution in [-0.2, 0) is 20.8 Å². The molecule has 206 valence electrons. The summed E-state index contributed by atoms with van der Waals surface area (Å²) in [6.07, 6.45) is 5.94. The van der Waals surface area contributed by atoms with Gasteiger partial charge in [-0.2, -0.15) is 0 Å². The number of aliphatic hydroxyl groups is 2. The third kappa shape index (κ3) is 4.42. The van der Waals surface area contributed by atoms with Gasteiger partial charge in [0.1, 0.15) is 17.3 Å². The number of aromatic amines is 1. The molecule has 1 unspecified atom stereocenters. The molecule has 2 fully saturated rings. The number of nitrogens with one attached hydrogen (secondary N) is 2. The van der Waals surface area contributed by atoms with Gasteiger partial charge in [-0.05, 0) is 60.8 Å². The Hall–Kier alpha value is -3.29. The maximum Gasteiger partial charge on any atom is 0.235 e. The van der Waals surface area contributed by atoms with Crippen LogP contribution >= 0.6 is 0 Å². The third-order valence-corrected chi connectivity index (χ3v) is 9.32. The molecule has 2 aliphatic carbocycles. The quantitative estimate of drug-likeness (QED) is 0.348. The number of ketones is 2. The number of Topliss-reactive ketones (excluding diaryl/α,β-unsaturated/α-hetero) is 2. The van der Waals surface area contributed by atoms with Crippen LogP contribution in [0, 0.1) is 29.1 Å². The van der Waals surface area contributed by atoms with E-state index in [0.29, 0.717) is 24.0 Å². The Labute approximate surface area is 229 Å². The molecule has 4 N–H and O–H groups in total. The Morgan fingerprint density at radius 3 is 2.64 bits per heavy atom. The summed E-state index contributed by atoms with van der Waals surface area (Å²) in [7, 11) is 0. The first-order valence-corrected chi connectivity index (χ1v) is 13.9. The highest BCUT2D eigenvalue weighted by Gasteiger charge is 2.68. The Morgan fingerprint density at radius 1 is 1.13 bits per heavy atom. The van der Waals surface area contributed by atoms with Crippen LogP contribution in [0.2, 0.25) is 0 Å². The summed E-state index contributed by atoms with van der Waals surface area (Å²) < 4.78 is 0. The fraction of sp³-hybridized carbons (Fsp3) is 0.469. The predicted octanol–water partition coefficient (Wildman–Crippen LogP) is 3.82. The summed E-state index contributed by atoms with van der Waals surface area (Å²) in [5.41, 5.74) is 1.58. The van der Waals surface area contributed by atoms with Crippen molar-refractivity contribution in [3.05, 3.63) is 72.0 Å². The Kier molecular flexibility index (Phi) is 7.25. The lowest BCUT2D eigenvalue weighted by Crippen LogP contribution is -2.58. The molecule has 2 aromatic rings. The van der Waals surface area contributed by atoms with E-state index in [9.17, 15) is 24.6 Å². The number of para-hydroxylation sites is 1. The smallest absolute Gasteiger partial charge is 0.235 e. The van der Waals surface area contributed by atoms with Crippen molar-refractivity contribution in [1.82, 2.24) is 10.3 Å². The molecule has 2 heterocycles. The van der Waals surface area contributed by atoms with Crippen LogP contribution in [0.25, 0.3) is 10.9 Å². The Bertz CT molecular complexity index is 1390. The van der Waals surface area contributed by atoms with E-state index < -0.39 is 41.1 Å². The average molecular weight is 531 g/mol. The minimum atomic E-state index is -1.53. The lowest BCUT2D eigenvalue weighted by Gasteiger charge is -2.49. The van der Waals surface area contributed by atoms with Crippen molar-refractivity contribution in [3.63, 3.8) is 0 Å². The molecule has 1 amide bonds. The number of allylic oxidation sites excluding steroid dienone is 2. The molecule has 39 heavy (non-hydrogen) atoms. The summed E-state index contributed by atoms with van der Waals surface area (Å²) >= 11 is 0. The van der Waals surface area contributed by atoms with Gasteiger partial charge in [-0.25, -0.2) is 0 Å². The van der Waals surface area contributed by atoms with E-state index in [4.69, 9.17) is 0 Å². The van der Waals surface area contributed by atoms with Crippen LogP contribution in [0.5, 0.6) is 0 Å². The third-order valence-electron chi connectivity index (χ3n) is 9.32. The Morgan fingerprint density at radius 2 is 1.87 bits per heavy atom. The second kappa shape index (κ2) is 10.4. The first-order chi connectivity index (χ1) is 18.6. The minimum absolute atomic E-state index is 0.00418. The first kappa shape index (κ1) is 27.3. The number of hydrogen-bond acceptors (Lipinski definition) is 5. The number of carbonyl (C=O) groups excluding carboxylic acids is 3. The molecule has 1 spiro atoms. The average Bonchev–Trinajstić information content (AvgIpc) is 3.45. The zero-order valence-electron chi connectivity index (χ0n) is 22.8. The normalized spacial score (nSPS) is 38.1. The van der Waals surface area contributed by atoms with E-state index in [1.807, 2.05) is 62.5 Å². The summed E-state index contributed by atoms with van der Waals surface area (Å²) in [6.45, 7) is 9.79. The molecule has 8 atom stereocenters. The summed E-state index contributed by atoms with van der Waals surface area (Å²) in [4.78, 5) is 44.4. The van der Waals surface area contributed by atoms with E-state index in [2.05, 4.69) is 16.9 Å². The van der Waals surface area contributed by atoms with Crippen molar-refractivity contribution >= 4 is 28.4 Å². The zero-order valence-corrected chi connectivity index (χ0v) is 22.8. The molecule has 1 aromatic carbocycles. The number of aromatic nitrogens is 1. The maximum absolute atomic E-state index is 14.2. The molecule has 5 rings (SSSR count). The van der Waals surface area contributed by atoms with Gasteiger partial charge in [-0.15, -0.1) is 0 Å². The number of rotatable bonds is 2. The number of H-pyrrole nitrogens is 1. The molecule has 7 heteroatoms. The van der Waals surface area contributed by atoms with Crippen LogP contribution in [0.4, 0.5) is 0 Å². The second-order valence-electron chi connectivity index (χ2n) is 11.7. The lowest BCUT2D eigenvalue weighted by molar-refractivity contribution is -0.152. The van der Waals surface area contributed by atoms with E-state index in [1.165, 1.54) is 0 Å². The van der Waals surface area contributed by atoms with Crippen molar-refractivity contribution in [2.45, 2.75) is 64.7 Å². The molecule has 3 aliphatic rings. The van der Waals surface area contributed by atoms with E-state index in [0.717, 1.165) is 16.5 Å². The van der Waals surface area contributed by atoms with Gasteiger partial charge < -0.3 is 20.5 Å². The number of aliphatic hydroxyl groups excluding tert-OH is 2. The standard InChI is InChI=1S/C32H38N2O5/c1-17-8-7-10-23-30(38)20(4)19(3)28-25(15-21-16-33-24-11-6-5-9-22(21)24)34-31(39)32(23,28)27(36)13-12-26(35)29(37)18(2)14-17/h5-7,9-11,14,16-17,19,23,25-26,28,30,33,35,38H,4,8,12-13,15H2,1-3H3,(H,34,39)/b10-7+,18-14-/t17?,19-,23+,25+,26+,28+,30-,32-/m1/s1. The zero-order chi connectivity index (χ0) is 28.1. The van der Waals surface area contributed by atoms with Crippen molar-refractivity contribution < 1.29 is 24.6 Å². The van der Waals surface area contributed by atoms with Crippen LogP contribution in [0.1, 0.15) is 45.6 Å². The fourth-order valence-corrected chi connectivity index (χ4v) is 7.30. The lowest BCUT2D eigenvalue weighted by atomic mass is 9.51. The Balaban J connectivity index is 1.60. The molecule has 0 bridgehead atoms. The van der Waals surface area contributed by atoms with Crippen molar-refractivity contribution in [1.29, 1.82) is 0 Å². The monoisotopic (exact) mass is 530 g/mol. The SMILES string of the molecule is C=C1[C@@H](C)[C@H]2[C@H](Cc3c[nH]c4ccccc34)NC(=O)[C@]23C(=O)CC[C@H](O)C(=O)/C(C)=C\C(C)C/C=C/[C@H]3[C@@H]1O. The number of hydrogen-bond donors (Lipinski definition) is 4. The molecule has 7 nitrogen and oxygen atoms in total. The van der Waals surface area contributed by atoms with E-state index in [-0.39, 0.29) is 36.5 Å². The predicted molar refractivity (Wildman–Crippen MR) is 150 cm³/mol. The minimum Gasteiger partial charge on any atom is -0.388 e. The molecular weight excluding hydrogens is 492 g/mol.